The largest absolute Gasteiger partial charge is 0.390 e. The third kappa shape index (κ3) is 4.64. The van der Waals surface area contributed by atoms with Gasteiger partial charge in [-0.05, 0) is 43.4 Å². The molecule has 3 aromatic rings. The molecule has 32 heavy (non-hydrogen) atoms. The van der Waals surface area contributed by atoms with Gasteiger partial charge in [-0.1, -0.05) is 24.3 Å². The number of hydrogen-bond acceptors (Lipinski definition) is 6. The zero-order valence-electron chi connectivity index (χ0n) is 18.5. The molecular formula is C24H28N6O2. The van der Waals surface area contributed by atoms with Crippen molar-refractivity contribution in [3.63, 3.8) is 0 Å². The molecule has 0 unspecified atom stereocenters. The molecule has 1 amide bonds. The molecule has 0 aliphatic carbocycles. The first-order valence-electron chi connectivity index (χ1n) is 10.9. The zero-order chi connectivity index (χ0) is 22.7. The van der Waals surface area contributed by atoms with Crippen LogP contribution in [0.1, 0.15) is 40.1 Å². The van der Waals surface area contributed by atoms with Crippen LogP contribution in [-0.2, 0) is 24.2 Å². The van der Waals surface area contributed by atoms with Crippen molar-refractivity contribution in [1.82, 2.24) is 24.8 Å². The summed E-state index contributed by atoms with van der Waals surface area (Å²) >= 11 is 0. The second-order valence-electron chi connectivity index (χ2n) is 8.38. The number of benzene rings is 1. The molecule has 1 aromatic carbocycles. The van der Waals surface area contributed by atoms with Gasteiger partial charge in [0.2, 0.25) is 5.91 Å². The number of β-amino-alcohol motifs (C(OH)–C–C–N with tert-alkyl or cyclic N) is 1. The van der Waals surface area contributed by atoms with Crippen LogP contribution in [0, 0.1) is 25.2 Å². The summed E-state index contributed by atoms with van der Waals surface area (Å²) < 4.78 is 1.65. The van der Waals surface area contributed by atoms with Gasteiger partial charge in [0.05, 0.1) is 12.3 Å². The van der Waals surface area contributed by atoms with Gasteiger partial charge in [0.25, 0.3) is 0 Å². The molecule has 0 spiro atoms. The fraction of sp³-hybridized carbons (Fsp3) is 0.417. The van der Waals surface area contributed by atoms with E-state index in [0.29, 0.717) is 30.6 Å². The number of amides is 1. The van der Waals surface area contributed by atoms with E-state index in [4.69, 9.17) is 0 Å². The van der Waals surface area contributed by atoms with E-state index >= 15 is 0 Å². The lowest BCUT2D eigenvalue weighted by atomic mass is 10.00. The fourth-order valence-electron chi connectivity index (χ4n) is 4.38. The number of hydrogen-bond donors (Lipinski definition) is 2. The molecule has 0 saturated heterocycles. The van der Waals surface area contributed by atoms with Crippen LogP contribution in [-0.4, -0.2) is 56.2 Å². The monoisotopic (exact) mass is 432 g/mol. The van der Waals surface area contributed by atoms with Crippen molar-refractivity contribution < 1.29 is 9.90 Å². The maximum Gasteiger partial charge on any atom is 0.220 e. The van der Waals surface area contributed by atoms with Gasteiger partial charge >= 0.3 is 0 Å². The highest BCUT2D eigenvalue weighted by molar-refractivity contribution is 5.76. The van der Waals surface area contributed by atoms with Crippen LogP contribution in [0.25, 0.3) is 5.65 Å². The second-order valence-corrected chi connectivity index (χ2v) is 8.38. The maximum atomic E-state index is 12.4. The van der Waals surface area contributed by atoms with E-state index < -0.39 is 6.10 Å². The average Bonchev–Trinajstić information content (AvgIpc) is 3.20. The Balaban J connectivity index is 1.27. The Hall–Kier alpha value is -3.28. The van der Waals surface area contributed by atoms with Gasteiger partial charge in [0.15, 0.2) is 5.65 Å². The zero-order valence-corrected chi connectivity index (χ0v) is 18.5. The molecule has 0 radical (unpaired) electrons. The average molecular weight is 433 g/mol. The van der Waals surface area contributed by atoms with E-state index in [-0.39, 0.29) is 12.5 Å². The van der Waals surface area contributed by atoms with E-state index in [2.05, 4.69) is 44.6 Å². The molecule has 0 bridgehead atoms. The van der Waals surface area contributed by atoms with Crippen molar-refractivity contribution in [3.05, 3.63) is 64.1 Å². The van der Waals surface area contributed by atoms with Crippen molar-refractivity contribution in [3.8, 4) is 6.07 Å². The molecule has 2 N–H and O–H groups in total. The molecule has 1 aliphatic rings. The van der Waals surface area contributed by atoms with Crippen LogP contribution >= 0.6 is 0 Å². The van der Waals surface area contributed by atoms with Gasteiger partial charge in [0.1, 0.15) is 11.6 Å². The highest BCUT2D eigenvalue weighted by atomic mass is 16.3. The van der Waals surface area contributed by atoms with Gasteiger partial charge in [-0.15, -0.1) is 0 Å². The van der Waals surface area contributed by atoms with Gasteiger partial charge in [-0.25, -0.2) is 9.50 Å². The van der Waals surface area contributed by atoms with Crippen LogP contribution in [0.2, 0.25) is 0 Å². The SMILES string of the molecule is Cc1nc2c(C#N)cnn2c(C)c1CCC(=O)NC[C@@H](O)CN1CCc2ccccc2C1. The number of fused-ring (bicyclic) bond motifs is 2. The first-order valence-corrected chi connectivity index (χ1v) is 10.9. The third-order valence-corrected chi connectivity index (χ3v) is 6.14. The van der Waals surface area contributed by atoms with Crippen LogP contribution in [0.15, 0.2) is 30.5 Å². The summed E-state index contributed by atoms with van der Waals surface area (Å²) in [5, 5.41) is 26.7. The van der Waals surface area contributed by atoms with Crippen molar-refractivity contribution in [1.29, 1.82) is 5.26 Å². The number of aromatic nitrogens is 3. The quantitative estimate of drug-likeness (QED) is 0.588. The highest BCUT2D eigenvalue weighted by Crippen LogP contribution is 2.19. The number of rotatable bonds is 7. The Morgan fingerprint density at radius 1 is 1.31 bits per heavy atom. The van der Waals surface area contributed by atoms with Crippen LogP contribution in [0.3, 0.4) is 0 Å². The van der Waals surface area contributed by atoms with Crippen molar-refractivity contribution in [2.75, 3.05) is 19.6 Å². The Morgan fingerprint density at radius 3 is 2.88 bits per heavy atom. The smallest absolute Gasteiger partial charge is 0.220 e. The summed E-state index contributed by atoms with van der Waals surface area (Å²) in [7, 11) is 0. The number of carbonyl (C=O) groups is 1. The minimum absolute atomic E-state index is 0.106. The molecule has 0 fully saturated rings. The summed E-state index contributed by atoms with van der Waals surface area (Å²) in [4.78, 5) is 19.1. The maximum absolute atomic E-state index is 12.4. The molecule has 1 aliphatic heterocycles. The number of nitriles is 1. The van der Waals surface area contributed by atoms with E-state index in [1.54, 1.807) is 4.52 Å². The summed E-state index contributed by atoms with van der Waals surface area (Å²) in [6.07, 6.45) is 2.70. The molecular weight excluding hydrogens is 404 g/mol. The molecule has 4 rings (SSSR count). The van der Waals surface area contributed by atoms with Crippen LogP contribution in [0.4, 0.5) is 0 Å². The Bertz CT molecular complexity index is 1180. The number of nitrogens with zero attached hydrogens (tertiary/aromatic N) is 5. The highest BCUT2D eigenvalue weighted by Gasteiger charge is 2.19. The number of carbonyl (C=O) groups excluding carboxylic acids is 1. The van der Waals surface area contributed by atoms with E-state index in [1.165, 1.54) is 17.3 Å². The molecule has 3 heterocycles. The second kappa shape index (κ2) is 9.47. The van der Waals surface area contributed by atoms with Crippen LogP contribution in [0.5, 0.6) is 0 Å². The predicted molar refractivity (Wildman–Crippen MR) is 120 cm³/mol. The summed E-state index contributed by atoms with van der Waals surface area (Å²) in [6.45, 7) is 6.32. The molecule has 8 heteroatoms. The summed E-state index contributed by atoms with van der Waals surface area (Å²) in [6, 6.07) is 10.5. The van der Waals surface area contributed by atoms with Gasteiger partial charge in [-0.3, -0.25) is 9.69 Å². The number of aryl methyl sites for hydroxylation is 2. The number of aliphatic hydroxyl groups excluding tert-OH is 1. The third-order valence-electron chi connectivity index (χ3n) is 6.14. The van der Waals surface area contributed by atoms with Crippen LogP contribution < -0.4 is 5.32 Å². The lowest BCUT2D eigenvalue weighted by Gasteiger charge is -2.30. The summed E-state index contributed by atoms with van der Waals surface area (Å²) in [5.74, 6) is -0.106. The first-order chi connectivity index (χ1) is 15.5. The standard InChI is InChI=1S/C24H28N6O2/c1-16-22(17(2)30-24(28-16)20(11-25)12-27-30)7-8-23(32)26-13-21(31)15-29-10-9-18-5-3-4-6-19(18)14-29/h3-6,12,21,31H,7-10,13-15H2,1-2H3,(H,26,32)/t21-/m1/s1. The normalized spacial score (nSPS) is 14.7. The molecule has 1 atom stereocenters. The van der Waals surface area contributed by atoms with E-state index in [9.17, 15) is 15.2 Å². The number of aliphatic hydroxyl groups is 1. The van der Waals surface area contributed by atoms with Crippen molar-refractivity contribution in [2.45, 2.75) is 45.8 Å². The van der Waals surface area contributed by atoms with Gasteiger partial charge in [0, 0.05) is 44.0 Å². The Morgan fingerprint density at radius 2 is 2.09 bits per heavy atom. The minimum Gasteiger partial charge on any atom is -0.390 e. The Labute approximate surface area is 187 Å². The first kappa shape index (κ1) is 21.9. The van der Waals surface area contributed by atoms with Crippen molar-refractivity contribution >= 4 is 11.6 Å². The number of nitrogens with one attached hydrogen (secondary N) is 1. The predicted octanol–water partition coefficient (Wildman–Crippen LogP) is 1.69. The molecule has 166 valence electrons. The van der Waals surface area contributed by atoms with Gasteiger partial charge in [-0.2, -0.15) is 10.4 Å². The lowest BCUT2D eigenvalue weighted by Crippen LogP contribution is -2.42. The molecule has 8 nitrogen and oxygen atoms in total. The fourth-order valence-corrected chi connectivity index (χ4v) is 4.38. The van der Waals surface area contributed by atoms with E-state index in [0.717, 1.165) is 36.5 Å². The minimum atomic E-state index is -0.612. The molecule has 0 saturated carbocycles. The Kier molecular flexibility index (Phi) is 6.49. The topological polar surface area (TPSA) is 107 Å². The van der Waals surface area contributed by atoms with E-state index in [1.807, 2.05) is 19.9 Å². The lowest BCUT2D eigenvalue weighted by molar-refractivity contribution is -0.121. The van der Waals surface area contributed by atoms with Gasteiger partial charge < -0.3 is 10.4 Å². The summed E-state index contributed by atoms with van der Waals surface area (Å²) in [5.41, 5.74) is 6.30. The van der Waals surface area contributed by atoms with Crippen molar-refractivity contribution in [2.24, 2.45) is 0 Å². The molecule has 2 aromatic heterocycles.